The van der Waals surface area contributed by atoms with Gasteiger partial charge in [0.1, 0.15) is 16.6 Å². The number of carbonyl (C=O) groups excluding carboxylic acids is 1. The van der Waals surface area contributed by atoms with Crippen LogP contribution in [0.1, 0.15) is 33.8 Å². The third-order valence-corrected chi connectivity index (χ3v) is 7.38. The van der Waals surface area contributed by atoms with E-state index >= 15 is 0 Å². The molecular weight excluding hydrogens is 482 g/mol. The van der Waals surface area contributed by atoms with Crippen LogP contribution >= 0.6 is 22.9 Å². The highest BCUT2D eigenvalue weighted by atomic mass is 35.5. The molecule has 1 amide bonds. The SMILES string of the molecule is COc1cc(C(=O)N(c2nccc3cc(Cl)cc(C)c23)C2CCCNC2)ccc1-c1nnc(C)s1. The first-order chi connectivity index (χ1) is 17.0. The average molecular weight is 508 g/mol. The molecule has 0 aliphatic carbocycles. The van der Waals surface area contributed by atoms with Gasteiger partial charge < -0.3 is 10.1 Å². The second-order valence-electron chi connectivity index (χ2n) is 8.67. The zero-order valence-corrected chi connectivity index (χ0v) is 21.4. The number of hydrogen-bond acceptors (Lipinski definition) is 7. The maximum absolute atomic E-state index is 14.1. The number of fused-ring (bicyclic) bond motifs is 1. The van der Waals surface area contributed by atoms with E-state index in [0.29, 0.717) is 28.7 Å². The highest BCUT2D eigenvalue weighted by molar-refractivity contribution is 7.14. The smallest absolute Gasteiger partial charge is 0.259 e. The van der Waals surface area contributed by atoms with Crippen molar-refractivity contribution < 1.29 is 9.53 Å². The molecule has 180 valence electrons. The van der Waals surface area contributed by atoms with Gasteiger partial charge in [-0.3, -0.25) is 9.69 Å². The molecule has 35 heavy (non-hydrogen) atoms. The number of methoxy groups -OCH3 is 1. The van der Waals surface area contributed by atoms with E-state index in [-0.39, 0.29) is 11.9 Å². The number of piperidine rings is 1. The van der Waals surface area contributed by atoms with E-state index in [1.54, 1.807) is 19.4 Å². The molecular formula is C26H26ClN5O2S. The first kappa shape index (κ1) is 23.7. The fourth-order valence-electron chi connectivity index (χ4n) is 4.68. The summed E-state index contributed by atoms with van der Waals surface area (Å²) in [5, 5.41) is 16.0. The topological polar surface area (TPSA) is 80.2 Å². The van der Waals surface area contributed by atoms with Crippen LogP contribution < -0.4 is 15.0 Å². The lowest BCUT2D eigenvalue weighted by Crippen LogP contribution is -2.49. The Balaban J connectivity index is 1.62. The molecule has 1 fully saturated rings. The second-order valence-corrected chi connectivity index (χ2v) is 10.3. The predicted molar refractivity (Wildman–Crippen MR) is 141 cm³/mol. The molecule has 3 heterocycles. The van der Waals surface area contributed by atoms with Crippen molar-refractivity contribution in [3.63, 3.8) is 0 Å². The van der Waals surface area contributed by atoms with E-state index < -0.39 is 0 Å². The molecule has 2 aromatic heterocycles. The Hall–Kier alpha value is -3.07. The van der Waals surface area contributed by atoms with Gasteiger partial charge in [0.25, 0.3) is 5.91 Å². The minimum Gasteiger partial charge on any atom is -0.496 e. The van der Waals surface area contributed by atoms with Crippen LogP contribution in [0.15, 0.2) is 42.6 Å². The number of nitrogens with zero attached hydrogens (tertiary/aromatic N) is 4. The Morgan fingerprint density at radius 2 is 2.06 bits per heavy atom. The zero-order valence-electron chi connectivity index (χ0n) is 19.8. The molecule has 7 nitrogen and oxygen atoms in total. The number of carbonyl (C=O) groups is 1. The maximum Gasteiger partial charge on any atom is 0.259 e. The first-order valence-electron chi connectivity index (χ1n) is 11.5. The van der Waals surface area contributed by atoms with Crippen LogP contribution in [0.3, 0.4) is 0 Å². The van der Waals surface area contributed by atoms with E-state index in [0.717, 1.165) is 51.3 Å². The van der Waals surface area contributed by atoms with Crippen molar-refractivity contribution in [3.05, 3.63) is 63.8 Å². The minimum atomic E-state index is -0.119. The lowest BCUT2D eigenvalue weighted by atomic mass is 10.0. The van der Waals surface area contributed by atoms with Crippen LogP contribution in [0.4, 0.5) is 5.82 Å². The fourth-order valence-corrected chi connectivity index (χ4v) is 5.68. The van der Waals surface area contributed by atoms with Crippen LogP contribution in [0, 0.1) is 13.8 Å². The van der Waals surface area contributed by atoms with Gasteiger partial charge in [-0.15, -0.1) is 10.2 Å². The number of nitrogens with one attached hydrogen (secondary N) is 1. The van der Waals surface area contributed by atoms with E-state index in [2.05, 4.69) is 15.5 Å². The van der Waals surface area contributed by atoms with Gasteiger partial charge in [-0.05, 0) is 80.6 Å². The van der Waals surface area contributed by atoms with E-state index in [9.17, 15) is 4.79 Å². The van der Waals surface area contributed by atoms with E-state index in [1.807, 2.05) is 49.1 Å². The molecule has 1 aliphatic heterocycles. The molecule has 1 unspecified atom stereocenters. The van der Waals surface area contributed by atoms with Gasteiger partial charge in [0.05, 0.1) is 18.7 Å². The summed E-state index contributed by atoms with van der Waals surface area (Å²) in [5.41, 5.74) is 2.33. The number of benzene rings is 2. The summed E-state index contributed by atoms with van der Waals surface area (Å²) in [7, 11) is 1.60. The van der Waals surface area contributed by atoms with Crippen molar-refractivity contribution in [3.8, 4) is 16.3 Å². The molecule has 4 aromatic rings. The van der Waals surface area contributed by atoms with Crippen LogP contribution in [-0.2, 0) is 0 Å². The van der Waals surface area contributed by atoms with Crippen LogP contribution in [0.2, 0.25) is 5.02 Å². The highest BCUT2D eigenvalue weighted by Crippen LogP contribution is 2.36. The lowest BCUT2D eigenvalue weighted by molar-refractivity contribution is 0.0971. The second kappa shape index (κ2) is 9.89. The summed E-state index contributed by atoms with van der Waals surface area (Å²) in [6, 6.07) is 11.2. The molecule has 0 bridgehead atoms. The lowest BCUT2D eigenvalue weighted by Gasteiger charge is -2.35. The third kappa shape index (κ3) is 4.61. The maximum atomic E-state index is 14.1. The van der Waals surface area contributed by atoms with Gasteiger partial charge in [-0.1, -0.05) is 22.9 Å². The molecule has 1 atom stereocenters. The molecule has 0 spiro atoms. The molecule has 1 N–H and O–H groups in total. The third-order valence-electron chi connectivity index (χ3n) is 6.29. The normalized spacial score (nSPS) is 15.8. The van der Waals surface area contributed by atoms with Crippen molar-refractivity contribution in [1.82, 2.24) is 20.5 Å². The van der Waals surface area contributed by atoms with Gasteiger partial charge in [0.2, 0.25) is 0 Å². The molecule has 9 heteroatoms. The van der Waals surface area contributed by atoms with Gasteiger partial charge in [-0.25, -0.2) is 4.98 Å². The van der Waals surface area contributed by atoms with Gasteiger partial charge >= 0.3 is 0 Å². The van der Waals surface area contributed by atoms with Gasteiger partial charge in [-0.2, -0.15) is 0 Å². The summed E-state index contributed by atoms with van der Waals surface area (Å²) in [6.07, 6.45) is 3.62. The number of aromatic nitrogens is 3. The van der Waals surface area contributed by atoms with Gasteiger partial charge in [0.15, 0.2) is 5.01 Å². The largest absolute Gasteiger partial charge is 0.496 e. The van der Waals surface area contributed by atoms with Gasteiger partial charge in [0, 0.05) is 28.7 Å². The molecule has 1 aliphatic rings. The Labute approximate surface area is 213 Å². The summed E-state index contributed by atoms with van der Waals surface area (Å²) in [5.74, 6) is 1.12. The Morgan fingerprint density at radius 3 is 2.77 bits per heavy atom. The standard InChI is InChI=1S/C26H26ClN5O2S/c1-15-11-19(27)12-17-8-10-29-24(23(15)17)32(20-5-4-9-28-14-20)26(33)18-6-7-21(22(13-18)34-3)25-31-30-16(2)35-25/h6-8,10-13,20,28H,4-5,9,14H2,1-3H3. The number of rotatable bonds is 5. The van der Waals surface area contributed by atoms with Crippen molar-refractivity contribution >= 4 is 45.4 Å². The summed E-state index contributed by atoms with van der Waals surface area (Å²) in [4.78, 5) is 20.7. The fraction of sp³-hybridized carbons (Fsp3) is 0.308. The number of ether oxygens (including phenoxy) is 1. The molecule has 0 radical (unpaired) electrons. The van der Waals surface area contributed by atoms with Crippen LogP contribution in [0.25, 0.3) is 21.3 Å². The number of halogens is 1. The number of pyridine rings is 1. The number of aryl methyl sites for hydroxylation is 2. The summed E-state index contributed by atoms with van der Waals surface area (Å²) in [6.45, 7) is 5.56. The van der Waals surface area contributed by atoms with E-state index in [4.69, 9.17) is 21.3 Å². The monoisotopic (exact) mass is 507 g/mol. The van der Waals surface area contributed by atoms with E-state index in [1.165, 1.54) is 11.3 Å². The highest BCUT2D eigenvalue weighted by Gasteiger charge is 2.31. The summed E-state index contributed by atoms with van der Waals surface area (Å²) < 4.78 is 5.66. The Kier molecular flexibility index (Phi) is 6.69. The first-order valence-corrected chi connectivity index (χ1v) is 12.7. The number of anilines is 1. The summed E-state index contributed by atoms with van der Waals surface area (Å²) >= 11 is 7.82. The quantitative estimate of drug-likeness (QED) is 0.388. The van der Waals surface area contributed by atoms with Crippen LogP contribution in [0.5, 0.6) is 5.75 Å². The Bertz CT molecular complexity index is 1400. The molecule has 1 saturated heterocycles. The van der Waals surface area contributed by atoms with Crippen LogP contribution in [-0.4, -0.2) is 47.3 Å². The molecule has 0 saturated carbocycles. The van der Waals surface area contributed by atoms with Crippen molar-refractivity contribution in [1.29, 1.82) is 0 Å². The molecule has 5 rings (SSSR count). The number of hydrogen-bond donors (Lipinski definition) is 1. The van der Waals surface area contributed by atoms with Crippen molar-refractivity contribution in [2.24, 2.45) is 0 Å². The van der Waals surface area contributed by atoms with Crippen molar-refractivity contribution in [2.45, 2.75) is 32.7 Å². The average Bonchev–Trinajstić information content (AvgIpc) is 3.30. The predicted octanol–water partition coefficient (Wildman–Crippen LogP) is 5.43. The minimum absolute atomic E-state index is 0.0269. The zero-order chi connectivity index (χ0) is 24.5. The Morgan fingerprint density at radius 1 is 1.20 bits per heavy atom. The molecule has 2 aromatic carbocycles. The van der Waals surface area contributed by atoms with Crippen molar-refractivity contribution in [2.75, 3.05) is 25.1 Å². The number of amides is 1.